The predicted molar refractivity (Wildman–Crippen MR) is 93.2 cm³/mol. The second-order valence-corrected chi connectivity index (χ2v) is 3.08. The molecule has 0 radical (unpaired) electrons. The number of halogens is 1. The van der Waals surface area contributed by atoms with E-state index in [0.29, 0.717) is 0 Å². The molecule has 0 aliphatic carbocycles. The van der Waals surface area contributed by atoms with E-state index >= 15 is 0 Å². The van der Waals surface area contributed by atoms with Crippen LogP contribution in [0.4, 0.5) is 0 Å². The molecule has 0 aromatic rings. The van der Waals surface area contributed by atoms with Gasteiger partial charge in [-0.15, -0.1) is 38.7 Å². The van der Waals surface area contributed by atoms with Gasteiger partial charge in [0.15, 0.2) is 0 Å². The van der Waals surface area contributed by atoms with E-state index in [1.807, 2.05) is 24.3 Å². The van der Waals surface area contributed by atoms with Crippen LogP contribution in [0.25, 0.3) is 0 Å². The molecule has 0 aliphatic heterocycles. The van der Waals surface area contributed by atoms with Crippen molar-refractivity contribution in [3.63, 3.8) is 0 Å². The summed E-state index contributed by atoms with van der Waals surface area (Å²) >= 11 is 0. The maximum Gasteiger partial charge on any atom is 0.240 e. The monoisotopic (exact) mass is 301 g/mol. The van der Waals surface area contributed by atoms with E-state index in [9.17, 15) is 4.79 Å². The SMILES string of the molecule is C=CC(N)=O.C=CCNCC=C.C=CCNCC=C.Cl. The summed E-state index contributed by atoms with van der Waals surface area (Å²) in [6.45, 7) is 20.7. The minimum absolute atomic E-state index is 0. The standard InChI is InChI=1S/2C6H11N.C3H5NO.ClH/c2*1-3-5-7-6-4-2;1-2-3(4)5;/h2*3-4,7H,1-2,5-6H2;2H,1H2,(H2,4,5);1H. The first-order valence-electron chi connectivity index (χ1n) is 5.87. The molecule has 0 bridgehead atoms. The number of carbonyl (C=O) groups is 1. The van der Waals surface area contributed by atoms with Crippen molar-refractivity contribution >= 4 is 18.3 Å². The van der Waals surface area contributed by atoms with Crippen LogP contribution in [0.3, 0.4) is 0 Å². The first-order valence-corrected chi connectivity index (χ1v) is 5.87. The molecule has 0 atom stereocenters. The van der Waals surface area contributed by atoms with Crippen LogP contribution in [0, 0.1) is 0 Å². The number of primary amides is 1. The van der Waals surface area contributed by atoms with Crippen LogP contribution in [0.1, 0.15) is 0 Å². The lowest BCUT2D eigenvalue weighted by Gasteiger charge is -1.90. The molecule has 5 heteroatoms. The molecule has 1 amide bonds. The smallest absolute Gasteiger partial charge is 0.240 e. The largest absolute Gasteiger partial charge is 0.366 e. The zero-order valence-corrected chi connectivity index (χ0v) is 13.0. The lowest BCUT2D eigenvalue weighted by atomic mass is 10.5. The van der Waals surface area contributed by atoms with Crippen LogP contribution in [-0.4, -0.2) is 32.1 Å². The van der Waals surface area contributed by atoms with E-state index in [1.54, 1.807) is 0 Å². The summed E-state index contributed by atoms with van der Waals surface area (Å²) in [6, 6.07) is 0. The minimum Gasteiger partial charge on any atom is -0.366 e. The second kappa shape index (κ2) is 30.4. The molecule has 0 aromatic heterocycles. The first kappa shape index (κ1) is 26.8. The third-order valence-corrected chi connectivity index (χ3v) is 1.36. The van der Waals surface area contributed by atoms with Gasteiger partial charge in [-0.05, 0) is 6.08 Å². The molecular weight excluding hydrogens is 274 g/mol. The Morgan fingerprint density at radius 1 is 0.800 bits per heavy atom. The average Bonchev–Trinajstić information content (AvgIpc) is 2.41. The van der Waals surface area contributed by atoms with E-state index in [0.717, 1.165) is 32.3 Å². The van der Waals surface area contributed by atoms with Crippen LogP contribution >= 0.6 is 12.4 Å². The molecule has 0 aliphatic rings. The molecule has 0 fully saturated rings. The first-order chi connectivity index (χ1) is 9.10. The van der Waals surface area contributed by atoms with Gasteiger partial charge in [-0.25, -0.2) is 0 Å². The van der Waals surface area contributed by atoms with Crippen molar-refractivity contribution in [3.8, 4) is 0 Å². The van der Waals surface area contributed by atoms with Crippen molar-refractivity contribution in [3.05, 3.63) is 63.3 Å². The zero-order chi connectivity index (χ0) is 15.4. The molecule has 4 nitrogen and oxygen atoms in total. The number of hydrogen-bond acceptors (Lipinski definition) is 3. The van der Waals surface area contributed by atoms with Crippen LogP contribution in [0.15, 0.2) is 63.3 Å². The number of carbonyl (C=O) groups excluding carboxylic acids is 1. The quantitative estimate of drug-likeness (QED) is 0.346. The lowest BCUT2D eigenvalue weighted by Crippen LogP contribution is -2.11. The highest BCUT2D eigenvalue weighted by Crippen LogP contribution is 1.60. The molecule has 0 heterocycles. The third-order valence-electron chi connectivity index (χ3n) is 1.36. The van der Waals surface area contributed by atoms with Crippen LogP contribution in [0.5, 0.6) is 0 Å². The number of nitrogens with two attached hydrogens (primary N) is 1. The number of hydrogen-bond donors (Lipinski definition) is 3. The van der Waals surface area contributed by atoms with Crippen molar-refractivity contribution in [1.82, 2.24) is 10.6 Å². The number of nitrogens with one attached hydrogen (secondary N) is 2. The molecular formula is C15H28ClN3O. The summed E-state index contributed by atoms with van der Waals surface area (Å²) in [5.41, 5.74) is 4.53. The Kier molecular flexibility index (Phi) is 40.8. The summed E-state index contributed by atoms with van der Waals surface area (Å²) < 4.78 is 0. The second-order valence-electron chi connectivity index (χ2n) is 3.08. The maximum absolute atomic E-state index is 9.47. The third kappa shape index (κ3) is 55.2. The van der Waals surface area contributed by atoms with E-state index in [1.165, 1.54) is 0 Å². The highest BCUT2D eigenvalue weighted by molar-refractivity contribution is 5.85. The van der Waals surface area contributed by atoms with Gasteiger partial charge in [-0.2, -0.15) is 0 Å². The Morgan fingerprint density at radius 3 is 1.10 bits per heavy atom. The summed E-state index contributed by atoms with van der Waals surface area (Å²) in [5, 5.41) is 6.10. The van der Waals surface area contributed by atoms with Crippen molar-refractivity contribution in [1.29, 1.82) is 0 Å². The fourth-order valence-corrected chi connectivity index (χ4v) is 0.575. The van der Waals surface area contributed by atoms with Gasteiger partial charge in [0.2, 0.25) is 5.91 Å². The molecule has 0 unspecified atom stereocenters. The van der Waals surface area contributed by atoms with E-state index < -0.39 is 5.91 Å². The summed E-state index contributed by atoms with van der Waals surface area (Å²) in [5.74, 6) is -0.481. The Morgan fingerprint density at radius 2 is 1.00 bits per heavy atom. The van der Waals surface area contributed by atoms with Gasteiger partial charge in [0.05, 0.1) is 0 Å². The van der Waals surface area contributed by atoms with Crippen LogP contribution in [-0.2, 0) is 4.79 Å². The normalized spacial score (nSPS) is 7.20. The molecule has 116 valence electrons. The Hall–Kier alpha value is -1.62. The van der Waals surface area contributed by atoms with Gasteiger partial charge in [-0.3, -0.25) is 4.79 Å². The van der Waals surface area contributed by atoms with Crippen LogP contribution in [0.2, 0.25) is 0 Å². The van der Waals surface area contributed by atoms with Gasteiger partial charge in [0.25, 0.3) is 0 Å². The molecule has 20 heavy (non-hydrogen) atoms. The highest BCUT2D eigenvalue weighted by atomic mass is 35.5. The van der Waals surface area contributed by atoms with Gasteiger partial charge >= 0.3 is 0 Å². The number of amides is 1. The summed E-state index contributed by atoms with van der Waals surface area (Å²) in [4.78, 5) is 9.47. The molecule has 4 N–H and O–H groups in total. The predicted octanol–water partition coefficient (Wildman–Crippen LogP) is 1.98. The van der Waals surface area contributed by atoms with Crippen molar-refractivity contribution < 1.29 is 4.79 Å². The number of rotatable bonds is 9. The Labute approximate surface area is 129 Å². The zero-order valence-electron chi connectivity index (χ0n) is 12.1. The van der Waals surface area contributed by atoms with Gasteiger partial charge < -0.3 is 16.4 Å². The minimum atomic E-state index is -0.481. The van der Waals surface area contributed by atoms with Crippen molar-refractivity contribution in [2.24, 2.45) is 5.73 Å². The summed E-state index contributed by atoms with van der Waals surface area (Å²) in [6.07, 6.45) is 8.35. The molecule has 0 rings (SSSR count). The topological polar surface area (TPSA) is 67.2 Å². The Balaban J connectivity index is -0.0000000952. The fraction of sp³-hybridized carbons (Fsp3) is 0.267. The van der Waals surface area contributed by atoms with Gasteiger partial charge in [0.1, 0.15) is 0 Å². The average molecular weight is 302 g/mol. The maximum atomic E-state index is 9.47. The fourth-order valence-electron chi connectivity index (χ4n) is 0.575. The lowest BCUT2D eigenvalue weighted by molar-refractivity contribution is -0.113. The molecule has 0 spiro atoms. The van der Waals surface area contributed by atoms with Gasteiger partial charge in [-0.1, -0.05) is 30.9 Å². The summed E-state index contributed by atoms with van der Waals surface area (Å²) in [7, 11) is 0. The van der Waals surface area contributed by atoms with E-state index in [-0.39, 0.29) is 12.4 Å². The van der Waals surface area contributed by atoms with E-state index in [2.05, 4.69) is 49.3 Å². The van der Waals surface area contributed by atoms with E-state index in [4.69, 9.17) is 0 Å². The van der Waals surface area contributed by atoms with Crippen LogP contribution < -0.4 is 16.4 Å². The molecule has 0 saturated heterocycles. The van der Waals surface area contributed by atoms with Crippen molar-refractivity contribution in [2.45, 2.75) is 0 Å². The van der Waals surface area contributed by atoms with Gasteiger partial charge in [0, 0.05) is 26.2 Å². The molecule has 0 aromatic carbocycles. The highest BCUT2D eigenvalue weighted by Gasteiger charge is 1.70. The Bertz CT molecular complexity index is 232. The molecule has 0 saturated carbocycles. The van der Waals surface area contributed by atoms with Crippen molar-refractivity contribution in [2.75, 3.05) is 26.2 Å².